The van der Waals surface area contributed by atoms with E-state index >= 15 is 0 Å². The number of esters is 2. The van der Waals surface area contributed by atoms with Crippen LogP contribution in [0.1, 0.15) is 32.0 Å². The maximum atomic E-state index is 12.4. The molecule has 1 aliphatic heterocycles. The van der Waals surface area contributed by atoms with Crippen molar-refractivity contribution >= 4 is 22.7 Å². The molecule has 0 saturated carbocycles. The maximum absolute atomic E-state index is 12.4. The first-order chi connectivity index (χ1) is 11.5. The van der Waals surface area contributed by atoms with E-state index in [1.165, 1.54) is 14.2 Å². The first kappa shape index (κ1) is 16.4. The molecule has 0 amide bonds. The van der Waals surface area contributed by atoms with Crippen LogP contribution in [0.4, 0.5) is 0 Å². The molecule has 0 fully saturated rings. The van der Waals surface area contributed by atoms with Crippen LogP contribution in [0, 0.1) is 6.92 Å². The molecule has 2 heterocycles. The average molecular weight is 347 g/mol. The van der Waals surface area contributed by atoms with E-state index < -0.39 is 22.7 Å². The lowest BCUT2D eigenvalue weighted by molar-refractivity contribution is 0.0556. The molecule has 6 nitrogen and oxygen atoms in total. The minimum absolute atomic E-state index is 0.145. The van der Waals surface area contributed by atoms with Gasteiger partial charge in [-0.3, -0.25) is 4.21 Å². The third-order valence-corrected chi connectivity index (χ3v) is 5.15. The zero-order valence-electron chi connectivity index (χ0n) is 13.6. The maximum Gasteiger partial charge on any atom is 0.340 e. The molecule has 7 heteroatoms. The zero-order valence-corrected chi connectivity index (χ0v) is 14.4. The smallest absolute Gasteiger partial charge is 0.340 e. The molecule has 2 aromatic rings. The molecule has 0 bridgehead atoms. The number of nitrogens with zero attached hydrogens (tertiary/aromatic N) is 1. The first-order valence-corrected chi connectivity index (χ1v) is 8.80. The van der Waals surface area contributed by atoms with E-state index in [9.17, 15) is 13.8 Å². The standard InChI is InChI=1S/C17H17NO5S/c1-10-5-4-6-11(7-10)15-14(17(20)23-3)13(16(19)22-2)12-8-24(21)9-18(12)15/h4-7H,8-9H2,1-3H3/t24-/m0/s1. The third kappa shape index (κ3) is 2.54. The van der Waals surface area contributed by atoms with E-state index in [2.05, 4.69) is 0 Å². The van der Waals surface area contributed by atoms with Gasteiger partial charge in [0.05, 0.1) is 37.1 Å². The molecule has 126 valence electrons. The van der Waals surface area contributed by atoms with Crippen molar-refractivity contribution in [2.24, 2.45) is 0 Å². The minimum atomic E-state index is -1.13. The number of hydrogen-bond donors (Lipinski definition) is 0. The monoisotopic (exact) mass is 347 g/mol. The highest BCUT2D eigenvalue weighted by atomic mass is 32.2. The highest BCUT2D eigenvalue weighted by Gasteiger charge is 2.36. The molecule has 0 spiro atoms. The fourth-order valence-corrected chi connectivity index (χ4v) is 4.29. The Labute approximate surface area is 141 Å². The zero-order chi connectivity index (χ0) is 17.4. The Balaban J connectivity index is 2.37. The number of benzene rings is 1. The van der Waals surface area contributed by atoms with E-state index in [1.54, 1.807) is 4.57 Å². The number of rotatable bonds is 3. The molecule has 0 unspecified atom stereocenters. The van der Waals surface area contributed by atoms with Gasteiger partial charge >= 0.3 is 11.9 Å². The van der Waals surface area contributed by atoms with E-state index in [-0.39, 0.29) is 22.8 Å². The molecule has 1 aliphatic rings. The molecule has 0 radical (unpaired) electrons. The lowest BCUT2D eigenvalue weighted by Crippen LogP contribution is -2.12. The minimum Gasteiger partial charge on any atom is -0.465 e. The number of hydrogen-bond acceptors (Lipinski definition) is 5. The Hall–Kier alpha value is -2.41. The highest BCUT2D eigenvalue weighted by Crippen LogP contribution is 2.37. The lowest BCUT2D eigenvalue weighted by Gasteiger charge is -2.09. The van der Waals surface area contributed by atoms with Crippen LogP contribution in [0.25, 0.3) is 11.3 Å². The number of aryl methyl sites for hydroxylation is 1. The van der Waals surface area contributed by atoms with Crippen molar-refractivity contribution in [2.45, 2.75) is 18.6 Å². The molecule has 3 rings (SSSR count). The molecule has 1 aromatic heterocycles. The van der Waals surface area contributed by atoms with Crippen LogP contribution in [-0.4, -0.2) is 34.9 Å². The average Bonchev–Trinajstić information content (AvgIpc) is 3.07. The Morgan fingerprint density at radius 2 is 1.79 bits per heavy atom. The van der Waals surface area contributed by atoms with Crippen molar-refractivity contribution in [1.82, 2.24) is 4.57 Å². The van der Waals surface area contributed by atoms with Gasteiger partial charge in [0.15, 0.2) is 0 Å². The van der Waals surface area contributed by atoms with Gasteiger partial charge < -0.3 is 14.0 Å². The number of fused-ring (bicyclic) bond motifs is 1. The van der Waals surface area contributed by atoms with Gasteiger partial charge in [0, 0.05) is 16.5 Å². The summed E-state index contributed by atoms with van der Waals surface area (Å²) in [7, 11) is 1.40. The van der Waals surface area contributed by atoms with Gasteiger partial charge in [-0.25, -0.2) is 9.59 Å². The Morgan fingerprint density at radius 1 is 1.12 bits per heavy atom. The Kier molecular flexibility index (Phi) is 4.28. The summed E-state index contributed by atoms with van der Waals surface area (Å²) < 4.78 is 23.6. The van der Waals surface area contributed by atoms with Crippen LogP contribution < -0.4 is 0 Å². The van der Waals surface area contributed by atoms with Crippen molar-refractivity contribution in [1.29, 1.82) is 0 Å². The predicted molar refractivity (Wildman–Crippen MR) is 89.1 cm³/mol. The quantitative estimate of drug-likeness (QED) is 0.796. The fourth-order valence-electron chi connectivity index (χ4n) is 3.02. The van der Waals surface area contributed by atoms with Crippen LogP contribution in [0.15, 0.2) is 24.3 Å². The van der Waals surface area contributed by atoms with Crippen molar-refractivity contribution in [3.05, 3.63) is 46.6 Å². The first-order valence-electron chi connectivity index (χ1n) is 7.32. The van der Waals surface area contributed by atoms with Gasteiger partial charge in [0.1, 0.15) is 5.56 Å². The summed E-state index contributed by atoms with van der Waals surface area (Å²) in [5, 5.41) is 0. The van der Waals surface area contributed by atoms with Gasteiger partial charge in [0.25, 0.3) is 0 Å². The van der Waals surface area contributed by atoms with Gasteiger partial charge in [-0.2, -0.15) is 0 Å². The van der Waals surface area contributed by atoms with Gasteiger partial charge in [0.2, 0.25) is 0 Å². The van der Waals surface area contributed by atoms with Crippen LogP contribution in [-0.2, 0) is 31.9 Å². The number of aromatic nitrogens is 1. The molecular formula is C17H17NO5S. The summed E-state index contributed by atoms with van der Waals surface area (Å²) in [4.78, 5) is 24.7. The normalized spacial score (nSPS) is 15.9. The van der Waals surface area contributed by atoms with Gasteiger partial charge in [-0.15, -0.1) is 0 Å². The highest BCUT2D eigenvalue weighted by molar-refractivity contribution is 7.83. The second-order valence-electron chi connectivity index (χ2n) is 5.54. The number of carbonyl (C=O) groups is 2. The molecule has 24 heavy (non-hydrogen) atoms. The number of carbonyl (C=O) groups excluding carboxylic acids is 2. The largest absolute Gasteiger partial charge is 0.465 e. The van der Waals surface area contributed by atoms with E-state index in [4.69, 9.17) is 9.47 Å². The fraction of sp³-hybridized carbons (Fsp3) is 0.294. The van der Waals surface area contributed by atoms with E-state index in [0.29, 0.717) is 11.4 Å². The van der Waals surface area contributed by atoms with Crippen LogP contribution in [0.3, 0.4) is 0 Å². The molecule has 1 aromatic carbocycles. The van der Waals surface area contributed by atoms with Crippen LogP contribution in [0.2, 0.25) is 0 Å². The number of methoxy groups -OCH3 is 2. The second-order valence-corrected chi connectivity index (χ2v) is 6.97. The SMILES string of the molecule is COC(=O)c1c(C(=O)OC)c(-c2cccc(C)c2)n2c1C[S@](=O)C2. The Bertz CT molecular complexity index is 868. The summed E-state index contributed by atoms with van der Waals surface area (Å²) >= 11 is 0. The molecule has 0 N–H and O–H groups in total. The van der Waals surface area contributed by atoms with Gasteiger partial charge in [-0.05, 0) is 18.6 Å². The molecular weight excluding hydrogens is 330 g/mol. The van der Waals surface area contributed by atoms with Crippen molar-refractivity contribution in [3.63, 3.8) is 0 Å². The summed E-state index contributed by atoms with van der Waals surface area (Å²) in [6.45, 7) is 1.94. The van der Waals surface area contributed by atoms with Gasteiger partial charge in [-0.1, -0.05) is 23.8 Å². The van der Waals surface area contributed by atoms with E-state index in [1.807, 2.05) is 31.2 Å². The number of ether oxygens (including phenoxy) is 2. The molecule has 1 atom stereocenters. The van der Waals surface area contributed by atoms with E-state index in [0.717, 1.165) is 11.1 Å². The van der Waals surface area contributed by atoms with Crippen molar-refractivity contribution in [3.8, 4) is 11.3 Å². The van der Waals surface area contributed by atoms with Crippen molar-refractivity contribution in [2.75, 3.05) is 14.2 Å². The van der Waals surface area contributed by atoms with Crippen LogP contribution in [0.5, 0.6) is 0 Å². The predicted octanol–water partition coefficient (Wildman–Crippen LogP) is 2.26. The summed E-state index contributed by atoms with van der Waals surface area (Å²) in [6.07, 6.45) is 0. The van der Waals surface area contributed by atoms with Crippen molar-refractivity contribution < 1.29 is 23.3 Å². The lowest BCUT2D eigenvalue weighted by atomic mass is 10.0. The second kappa shape index (κ2) is 6.24. The van der Waals surface area contributed by atoms with Crippen LogP contribution >= 0.6 is 0 Å². The molecule has 0 saturated heterocycles. The summed E-state index contributed by atoms with van der Waals surface area (Å²) in [6, 6.07) is 7.58. The Morgan fingerprint density at radius 3 is 2.42 bits per heavy atom. The third-order valence-electron chi connectivity index (χ3n) is 4.01. The summed E-state index contributed by atoms with van der Waals surface area (Å²) in [5.74, 6) is -0.795. The summed E-state index contributed by atoms with van der Waals surface area (Å²) in [5.41, 5.74) is 3.19. The molecule has 0 aliphatic carbocycles. The topological polar surface area (TPSA) is 74.6 Å².